The molecular weight excluding hydrogens is 372 g/mol. The number of hydrogen-bond acceptors (Lipinski definition) is 4. The normalized spacial score (nSPS) is 17.0. The van der Waals surface area contributed by atoms with Gasteiger partial charge in [-0.05, 0) is 48.9 Å². The summed E-state index contributed by atoms with van der Waals surface area (Å²) in [6.07, 6.45) is 1.67. The third kappa shape index (κ3) is 4.55. The van der Waals surface area contributed by atoms with Gasteiger partial charge in [-0.1, -0.05) is 25.1 Å². The van der Waals surface area contributed by atoms with Crippen molar-refractivity contribution < 1.29 is 14.3 Å². The second-order valence-electron chi connectivity index (χ2n) is 7.18. The summed E-state index contributed by atoms with van der Waals surface area (Å²) in [6, 6.07) is 11.7. The van der Waals surface area contributed by atoms with Crippen LogP contribution in [0.25, 0.3) is 0 Å². The predicted octanol–water partition coefficient (Wildman–Crippen LogP) is 3.90. The molecule has 28 heavy (non-hydrogen) atoms. The second kappa shape index (κ2) is 9.24. The van der Waals surface area contributed by atoms with Crippen molar-refractivity contribution in [2.24, 2.45) is 0 Å². The van der Waals surface area contributed by atoms with Crippen LogP contribution in [-0.4, -0.2) is 47.4 Å². The van der Waals surface area contributed by atoms with Crippen LogP contribution >= 0.6 is 11.3 Å². The lowest BCUT2D eigenvalue weighted by Gasteiger charge is -2.37. The number of para-hydroxylation sites is 1. The molecule has 0 saturated heterocycles. The summed E-state index contributed by atoms with van der Waals surface area (Å²) >= 11 is 1.73. The van der Waals surface area contributed by atoms with Crippen LogP contribution in [-0.2, 0) is 16.0 Å². The molecule has 5 nitrogen and oxygen atoms in total. The topological polar surface area (TPSA) is 49.9 Å². The zero-order valence-electron chi connectivity index (χ0n) is 16.8. The molecule has 1 aliphatic rings. The van der Waals surface area contributed by atoms with E-state index in [1.54, 1.807) is 16.2 Å². The zero-order valence-corrected chi connectivity index (χ0v) is 17.6. The number of carbonyl (C=O) groups excluding carboxylic acids is 2. The summed E-state index contributed by atoms with van der Waals surface area (Å²) in [5, 5.41) is 2.08. The van der Waals surface area contributed by atoms with E-state index in [1.807, 2.05) is 49.1 Å². The Morgan fingerprint density at radius 2 is 2.04 bits per heavy atom. The van der Waals surface area contributed by atoms with Crippen molar-refractivity contribution in [1.82, 2.24) is 9.80 Å². The molecule has 2 aromatic rings. The number of hydrogen-bond donors (Lipinski definition) is 0. The first kappa shape index (κ1) is 20.4. The lowest BCUT2D eigenvalue weighted by atomic mass is 10.00. The van der Waals surface area contributed by atoms with Gasteiger partial charge in [0.2, 0.25) is 11.8 Å². The van der Waals surface area contributed by atoms with E-state index in [9.17, 15) is 9.59 Å². The minimum Gasteiger partial charge on any atom is -0.491 e. The van der Waals surface area contributed by atoms with Crippen LogP contribution in [0.1, 0.15) is 43.7 Å². The Labute approximate surface area is 170 Å². The second-order valence-corrected chi connectivity index (χ2v) is 8.18. The smallest absolute Gasteiger partial charge is 0.242 e. The van der Waals surface area contributed by atoms with Gasteiger partial charge in [-0.3, -0.25) is 9.59 Å². The molecule has 1 aliphatic heterocycles. The highest BCUT2D eigenvalue weighted by Gasteiger charge is 2.33. The monoisotopic (exact) mass is 400 g/mol. The lowest BCUT2D eigenvalue weighted by Crippen LogP contribution is -2.49. The molecule has 0 unspecified atom stereocenters. The third-order valence-electron chi connectivity index (χ3n) is 5.40. The van der Waals surface area contributed by atoms with Gasteiger partial charge in [-0.2, -0.15) is 0 Å². The summed E-state index contributed by atoms with van der Waals surface area (Å²) in [4.78, 5) is 30.1. The molecule has 150 valence electrons. The standard InChI is InChI=1S/C22H28N2O3S/c1-4-16(2)24(17(3)25)14-22(26)23-12-10-21-19(11-13-28-21)20(23)15-27-18-8-6-5-7-9-18/h5-9,11,13,16,20H,4,10,12,14-15H2,1-3H3/t16-,20-/m1/s1. The molecule has 0 radical (unpaired) electrons. The average Bonchev–Trinajstić information content (AvgIpc) is 3.19. The van der Waals surface area contributed by atoms with Crippen LogP contribution in [0.2, 0.25) is 0 Å². The maximum absolute atomic E-state index is 13.2. The summed E-state index contributed by atoms with van der Waals surface area (Å²) < 4.78 is 6.00. The molecule has 0 aliphatic carbocycles. The lowest BCUT2D eigenvalue weighted by molar-refractivity contribution is -0.143. The molecule has 2 heterocycles. The highest BCUT2D eigenvalue weighted by molar-refractivity contribution is 7.10. The van der Waals surface area contributed by atoms with Gasteiger partial charge in [0.25, 0.3) is 0 Å². The Balaban J connectivity index is 1.77. The Morgan fingerprint density at radius 1 is 1.29 bits per heavy atom. The number of rotatable bonds is 7. The third-order valence-corrected chi connectivity index (χ3v) is 6.40. The van der Waals surface area contributed by atoms with Crippen LogP contribution in [0, 0.1) is 0 Å². The predicted molar refractivity (Wildman–Crippen MR) is 112 cm³/mol. The van der Waals surface area contributed by atoms with E-state index in [-0.39, 0.29) is 30.4 Å². The molecule has 0 N–H and O–H groups in total. The summed E-state index contributed by atoms with van der Waals surface area (Å²) in [5.74, 6) is 0.712. The largest absolute Gasteiger partial charge is 0.491 e. The zero-order chi connectivity index (χ0) is 20.1. The first-order valence-corrected chi connectivity index (χ1v) is 10.7. The van der Waals surface area contributed by atoms with Gasteiger partial charge >= 0.3 is 0 Å². The Hall–Kier alpha value is -2.34. The van der Waals surface area contributed by atoms with Gasteiger partial charge in [0.15, 0.2) is 0 Å². The molecule has 0 saturated carbocycles. The van der Waals surface area contributed by atoms with E-state index in [0.29, 0.717) is 13.2 Å². The first-order chi connectivity index (χ1) is 13.5. The molecule has 0 spiro atoms. The Morgan fingerprint density at radius 3 is 2.71 bits per heavy atom. The van der Waals surface area contributed by atoms with E-state index < -0.39 is 0 Å². The quantitative estimate of drug-likeness (QED) is 0.708. The van der Waals surface area contributed by atoms with Gasteiger partial charge in [-0.15, -0.1) is 11.3 Å². The van der Waals surface area contributed by atoms with Gasteiger partial charge < -0.3 is 14.5 Å². The van der Waals surface area contributed by atoms with Crippen molar-refractivity contribution in [2.45, 2.75) is 45.7 Å². The SMILES string of the molecule is CC[C@@H](C)N(CC(=O)N1CCc2sccc2[C@H]1COc1ccccc1)C(C)=O. The number of nitrogens with zero attached hydrogens (tertiary/aromatic N) is 2. The maximum atomic E-state index is 13.2. The molecule has 1 aromatic heterocycles. The molecular formula is C22H28N2O3S. The van der Waals surface area contributed by atoms with Crippen molar-refractivity contribution in [3.05, 3.63) is 52.2 Å². The minimum absolute atomic E-state index is 0.0194. The number of fused-ring (bicyclic) bond motifs is 1. The van der Waals surface area contributed by atoms with Gasteiger partial charge in [0.05, 0.1) is 12.6 Å². The van der Waals surface area contributed by atoms with Crippen LogP contribution < -0.4 is 4.74 Å². The van der Waals surface area contributed by atoms with Crippen molar-refractivity contribution in [2.75, 3.05) is 19.7 Å². The highest BCUT2D eigenvalue weighted by Crippen LogP contribution is 2.34. The number of thiophene rings is 1. The average molecular weight is 401 g/mol. The molecule has 2 amide bonds. The Bertz CT molecular complexity index is 805. The van der Waals surface area contributed by atoms with Crippen molar-refractivity contribution in [3.8, 4) is 5.75 Å². The van der Waals surface area contributed by atoms with Crippen molar-refractivity contribution in [3.63, 3.8) is 0 Å². The fraction of sp³-hybridized carbons (Fsp3) is 0.455. The fourth-order valence-corrected chi connectivity index (χ4v) is 4.53. The van der Waals surface area contributed by atoms with Crippen molar-refractivity contribution >= 4 is 23.2 Å². The highest BCUT2D eigenvalue weighted by atomic mass is 32.1. The number of benzene rings is 1. The van der Waals surface area contributed by atoms with Crippen LogP contribution in [0.15, 0.2) is 41.8 Å². The molecule has 2 atom stereocenters. The van der Waals surface area contributed by atoms with Crippen LogP contribution in [0.5, 0.6) is 5.75 Å². The Kier molecular flexibility index (Phi) is 6.73. The fourth-order valence-electron chi connectivity index (χ4n) is 3.60. The van der Waals surface area contributed by atoms with Crippen LogP contribution in [0.3, 0.4) is 0 Å². The summed E-state index contributed by atoms with van der Waals surface area (Å²) in [7, 11) is 0. The molecule has 1 aromatic carbocycles. The first-order valence-electron chi connectivity index (χ1n) is 9.82. The molecule has 3 rings (SSSR count). The van der Waals surface area contributed by atoms with Gasteiger partial charge in [0.1, 0.15) is 12.4 Å². The summed E-state index contributed by atoms with van der Waals surface area (Å²) in [5.41, 5.74) is 1.17. The minimum atomic E-state index is -0.131. The van der Waals surface area contributed by atoms with Crippen LogP contribution in [0.4, 0.5) is 0 Å². The van der Waals surface area contributed by atoms with Gasteiger partial charge in [-0.25, -0.2) is 0 Å². The van der Waals surface area contributed by atoms with Crippen molar-refractivity contribution in [1.29, 1.82) is 0 Å². The van der Waals surface area contributed by atoms with E-state index in [2.05, 4.69) is 11.4 Å². The maximum Gasteiger partial charge on any atom is 0.242 e. The number of ether oxygens (including phenoxy) is 1. The number of amides is 2. The van der Waals surface area contributed by atoms with Gasteiger partial charge in [0, 0.05) is 24.4 Å². The van der Waals surface area contributed by atoms with E-state index in [4.69, 9.17) is 4.74 Å². The molecule has 0 bridgehead atoms. The van der Waals surface area contributed by atoms with E-state index in [0.717, 1.165) is 18.6 Å². The summed E-state index contributed by atoms with van der Waals surface area (Å²) in [6.45, 7) is 6.72. The molecule has 6 heteroatoms. The molecule has 0 fully saturated rings. The number of carbonyl (C=O) groups is 2. The van der Waals surface area contributed by atoms with E-state index in [1.165, 1.54) is 17.4 Å². The van der Waals surface area contributed by atoms with E-state index >= 15 is 0 Å².